The molecule has 11 heteroatoms. The van der Waals surface area contributed by atoms with E-state index in [1.54, 1.807) is 41.5 Å². The first-order valence-corrected chi connectivity index (χ1v) is 14.6. The van der Waals surface area contributed by atoms with E-state index in [4.69, 9.17) is 0 Å². The van der Waals surface area contributed by atoms with Crippen molar-refractivity contribution in [3.8, 4) is 0 Å². The highest BCUT2D eigenvalue weighted by Gasteiger charge is 2.18. The van der Waals surface area contributed by atoms with Crippen LogP contribution in [0.5, 0.6) is 0 Å². The number of imidazole rings is 1. The molecule has 0 saturated heterocycles. The Labute approximate surface area is 235 Å². The van der Waals surface area contributed by atoms with Crippen LogP contribution in [0.2, 0.25) is 0 Å². The highest BCUT2D eigenvalue weighted by Crippen LogP contribution is 2.31. The Morgan fingerprint density at radius 1 is 1.08 bits per heavy atom. The van der Waals surface area contributed by atoms with Crippen LogP contribution in [0.4, 0.5) is 10.1 Å². The Morgan fingerprint density at radius 3 is 2.58 bits per heavy atom. The summed E-state index contributed by atoms with van der Waals surface area (Å²) in [5.41, 5.74) is 1.87. The fraction of sp³-hybridized carbons (Fsp3) is 0.222. The van der Waals surface area contributed by atoms with Crippen LogP contribution in [0.25, 0.3) is 11.2 Å². The third-order valence-electron chi connectivity index (χ3n) is 6.08. The molecule has 3 aromatic heterocycles. The van der Waals surface area contributed by atoms with Gasteiger partial charge in [0.2, 0.25) is 0 Å². The van der Waals surface area contributed by atoms with Crippen LogP contribution in [0.1, 0.15) is 36.7 Å². The van der Waals surface area contributed by atoms with Gasteiger partial charge in [-0.3, -0.25) is 13.9 Å². The van der Waals surface area contributed by atoms with E-state index in [0.717, 1.165) is 36.7 Å². The number of halogens is 2. The van der Waals surface area contributed by atoms with E-state index < -0.39 is 17.1 Å². The lowest BCUT2D eigenvalue weighted by Gasteiger charge is -2.11. The monoisotopic (exact) mass is 613 g/mol. The van der Waals surface area contributed by atoms with Crippen LogP contribution in [-0.4, -0.2) is 19.1 Å². The summed E-state index contributed by atoms with van der Waals surface area (Å²) in [6, 6.07) is 18.2. The van der Waals surface area contributed by atoms with Crippen LogP contribution in [0, 0.1) is 5.82 Å². The van der Waals surface area contributed by atoms with Gasteiger partial charge in [0.1, 0.15) is 17.2 Å². The molecule has 7 nitrogen and oxygen atoms in total. The average Bonchev–Trinajstić information content (AvgIpc) is 3.53. The van der Waals surface area contributed by atoms with Crippen molar-refractivity contribution >= 4 is 56.1 Å². The minimum absolute atomic E-state index is 0.143. The maximum atomic E-state index is 14.3. The zero-order chi connectivity index (χ0) is 26.6. The smallest absolute Gasteiger partial charge is 0.333 e. The van der Waals surface area contributed by atoms with Crippen molar-refractivity contribution in [3.05, 3.63) is 108 Å². The van der Waals surface area contributed by atoms with Gasteiger partial charge in [-0.25, -0.2) is 14.2 Å². The van der Waals surface area contributed by atoms with E-state index in [1.165, 1.54) is 10.6 Å². The topological polar surface area (TPSA) is 84.7 Å². The number of hydrogen-bond acceptors (Lipinski definition) is 6. The van der Waals surface area contributed by atoms with Gasteiger partial charge in [0.25, 0.3) is 5.56 Å². The first-order valence-electron chi connectivity index (χ1n) is 12.2. The molecule has 0 atom stereocenters. The van der Waals surface area contributed by atoms with E-state index in [2.05, 4.69) is 30.6 Å². The third-order valence-corrected chi connectivity index (χ3v) is 8.67. The molecule has 0 aliphatic rings. The Hall–Kier alpha value is -3.15. The van der Waals surface area contributed by atoms with E-state index in [0.29, 0.717) is 24.4 Å². The Balaban J connectivity index is 1.42. The molecule has 5 aromatic rings. The number of nitrogens with one attached hydrogen (secondary N) is 2. The highest BCUT2D eigenvalue weighted by molar-refractivity contribution is 9.11. The number of unbranched alkanes of at least 4 members (excludes halogenated alkanes) is 1. The largest absolute Gasteiger partial charge is 0.336 e. The molecule has 0 radical (unpaired) electrons. The minimum atomic E-state index is -0.503. The van der Waals surface area contributed by atoms with Gasteiger partial charge < -0.3 is 9.71 Å². The SMILES string of the molecule is CCCCn1c(=O)n(Cc2ccccc2F)c(=O)c2[nH]c(Cc3ccc(NSc4ccc(Br)s4)cc3)nc21. The van der Waals surface area contributed by atoms with Gasteiger partial charge in [0, 0.05) is 24.2 Å². The van der Waals surface area contributed by atoms with Gasteiger partial charge in [0.05, 0.1) is 14.5 Å². The number of rotatable bonds is 10. The van der Waals surface area contributed by atoms with Crippen molar-refractivity contribution in [1.29, 1.82) is 0 Å². The summed E-state index contributed by atoms with van der Waals surface area (Å²) < 4.78 is 22.5. The first kappa shape index (κ1) is 26.5. The number of benzene rings is 2. The standard InChI is InChI=1S/C27H25BrFN5O2S2/c1-2-3-14-33-25-24(26(35)34(27(33)36)16-18-6-4-5-7-20(18)29)30-22(31-25)15-17-8-10-19(11-9-17)32-38-23-13-12-21(28)37-23/h4-13,32H,2-3,14-16H2,1H3,(H,30,31). The number of thiophene rings is 1. The number of nitrogens with zero attached hydrogens (tertiary/aromatic N) is 3. The lowest BCUT2D eigenvalue weighted by molar-refractivity contribution is 0.553. The van der Waals surface area contributed by atoms with Crippen LogP contribution in [0.15, 0.2) is 78.2 Å². The molecule has 0 bridgehead atoms. The molecule has 38 heavy (non-hydrogen) atoms. The molecular formula is C27H25BrFN5O2S2. The number of hydrogen-bond donors (Lipinski definition) is 2. The maximum absolute atomic E-state index is 14.3. The molecule has 5 rings (SSSR count). The number of H-pyrrole nitrogens is 1. The molecule has 2 aromatic carbocycles. The van der Waals surface area contributed by atoms with Gasteiger partial charge in [-0.05, 0) is 70.2 Å². The second kappa shape index (κ2) is 11.7. The second-order valence-electron chi connectivity index (χ2n) is 8.79. The van der Waals surface area contributed by atoms with E-state index in [9.17, 15) is 14.0 Å². The number of fused-ring (bicyclic) bond motifs is 1. The molecule has 0 aliphatic heterocycles. The molecule has 0 amide bonds. The average molecular weight is 615 g/mol. The maximum Gasteiger partial charge on any atom is 0.333 e. The molecule has 0 fully saturated rings. The summed E-state index contributed by atoms with van der Waals surface area (Å²) in [6.45, 7) is 2.31. The van der Waals surface area contributed by atoms with Crippen LogP contribution in [0.3, 0.4) is 0 Å². The summed E-state index contributed by atoms with van der Waals surface area (Å²) in [5.74, 6) is 0.132. The van der Waals surface area contributed by atoms with Gasteiger partial charge >= 0.3 is 5.69 Å². The Morgan fingerprint density at radius 2 is 1.87 bits per heavy atom. The van der Waals surface area contributed by atoms with Gasteiger partial charge in [-0.1, -0.05) is 43.7 Å². The molecule has 0 saturated carbocycles. The molecule has 0 spiro atoms. The molecule has 0 unspecified atom stereocenters. The molecule has 3 heterocycles. The predicted molar refractivity (Wildman–Crippen MR) is 156 cm³/mol. The van der Waals surface area contributed by atoms with Crippen LogP contribution >= 0.6 is 39.2 Å². The lowest BCUT2D eigenvalue weighted by Crippen LogP contribution is -2.40. The summed E-state index contributed by atoms with van der Waals surface area (Å²) in [6.07, 6.45) is 2.10. The molecule has 196 valence electrons. The van der Waals surface area contributed by atoms with Crippen molar-refractivity contribution in [2.24, 2.45) is 0 Å². The minimum Gasteiger partial charge on any atom is -0.336 e. The summed E-state index contributed by atoms with van der Waals surface area (Å²) in [4.78, 5) is 34.5. The molecular weight excluding hydrogens is 589 g/mol. The normalized spacial score (nSPS) is 11.3. The summed E-state index contributed by atoms with van der Waals surface area (Å²) in [7, 11) is 0. The fourth-order valence-electron chi connectivity index (χ4n) is 4.10. The third kappa shape index (κ3) is 5.79. The number of aryl methyl sites for hydroxylation is 1. The Kier molecular flexibility index (Phi) is 8.15. The van der Waals surface area contributed by atoms with Crippen molar-refractivity contribution in [1.82, 2.24) is 19.1 Å². The molecule has 2 N–H and O–H groups in total. The Bertz CT molecular complexity index is 1690. The summed E-state index contributed by atoms with van der Waals surface area (Å²) in [5, 5.41) is 0. The number of aromatic amines is 1. The van der Waals surface area contributed by atoms with Crippen LogP contribution < -0.4 is 16.0 Å². The van der Waals surface area contributed by atoms with Crippen LogP contribution in [-0.2, 0) is 19.5 Å². The van der Waals surface area contributed by atoms with Crippen molar-refractivity contribution in [3.63, 3.8) is 0 Å². The van der Waals surface area contributed by atoms with Gasteiger partial charge in [-0.15, -0.1) is 11.3 Å². The molecule has 0 aliphatic carbocycles. The summed E-state index contributed by atoms with van der Waals surface area (Å²) >= 11 is 6.68. The number of aromatic nitrogens is 4. The zero-order valence-corrected chi connectivity index (χ0v) is 23.8. The van der Waals surface area contributed by atoms with Gasteiger partial charge in [-0.2, -0.15) is 0 Å². The zero-order valence-electron chi connectivity index (χ0n) is 20.5. The fourth-order valence-corrected chi connectivity index (χ4v) is 6.59. The quantitative estimate of drug-likeness (QED) is 0.178. The van der Waals surface area contributed by atoms with Crippen molar-refractivity contribution in [2.75, 3.05) is 4.72 Å². The van der Waals surface area contributed by atoms with Gasteiger partial charge in [0.15, 0.2) is 5.65 Å². The van der Waals surface area contributed by atoms with E-state index >= 15 is 0 Å². The second-order valence-corrected chi connectivity index (χ2v) is 12.4. The first-order chi connectivity index (χ1) is 18.4. The lowest BCUT2D eigenvalue weighted by atomic mass is 10.1. The predicted octanol–water partition coefficient (Wildman–Crippen LogP) is 6.41. The van der Waals surface area contributed by atoms with E-state index in [-0.39, 0.29) is 17.6 Å². The van der Waals surface area contributed by atoms with E-state index in [1.807, 2.05) is 43.3 Å². The van der Waals surface area contributed by atoms with Crippen molar-refractivity contribution in [2.45, 2.75) is 43.5 Å². The number of anilines is 1. The van der Waals surface area contributed by atoms with Crippen molar-refractivity contribution < 1.29 is 4.39 Å². The highest BCUT2D eigenvalue weighted by atomic mass is 79.9.